The van der Waals surface area contributed by atoms with Gasteiger partial charge in [0.2, 0.25) is 0 Å². The smallest absolute Gasteiger partial charge is 0.282 e. The minimum absolute atomic E-state index is 0.292. The molecule has 0 aliphatic carbocycles. The highest BCUT2D eigenvalue weighted by Crippen LogP contribution is 2.31. The standard InChI is InChI=1S/C24H25F2N7O/c1-32(2)12-15-7-17(10-29-9-15)16-3-5-20(27)19(8-16)22(28)23(34)31-18-4-6-21(30-11-18)33-13-24(25,26)14-33/h3-11,28H,12-14,27H2,1-2H3,(H,31,34). The van der Waals surface area contributed by atoms with Crippen LogP contribution in [0.4, 0.5) is 26.0 Å². The van der Waals surface area contributed by atoms with Gasteiger partial charge in [-0.2, -0.15) is 0 Å². The number of amides is 1. The van der Waals surface area contributed by atoms with E-state index in [0.717, 1.165) is 23.2 Å². The maximum absolute atomic E-state index is 13.0. The van der Waals surface area contributed by atoms with Crippen LogP contribution in [0.3, 0.4) is 0 Å². The summed E-state index contributed by atoms with van der Waals surface area (Å²) < 4.78 is 26.1. The first-order chi connectivity index (χ1) is 16.1. The van der Waals surface area contributed by atoms with Crippen molar-refractivity contribution in [2.45, 2.75) is 12.5 Å². The topological polar surface area (TPSA) is 111 Å². The van der Waals surface area contributed by atoms with Crippen LogP contribution < -0.4 is 16.0 Å². The highest BCUT2D eigenvalue weighted by molar-refractivity contribution is 6.48. The number of nitrogens with zero attached hydrogens (tertiary/aromatic N) is 4. The number of nitrogens with one attached hydrogen (secondary N) is 2. The maximum atomic E-state index is 13.0. The van der Waals surface area contributed by atoms with Crippen molar-refractivity contribution in [1.82, 2.24) is 14.9 Å². The van der Waals surface area contributed by atoms with Crippen LogP contribution in [0, 0.1) is 5.41 Å². The van der Waals surface area contributed by atoms with Gasteiger partial charge in [0.1, 0.15) is 11.5 Å². The van der Waals surface area contributed by atoms with Gasteiger partial charge in [-0.05, 0) is 55.6 Å². The predicted molar refractivity (Wildman–Crippen MR) is 128 cm³/mol. The Morgan fingerprint density at radius 3 is 2.56 bits per heavy atom. The average Bonchev–Trinajstić information content (AvgIpc) is 2.77. The van der Waals surface area contributed by atoms with Gasteiger partial charge in [0.15, 0.2) is 0 Å². The zero-order valence-corrected chi connectivity index (χ0v) is 18.8. The van der Waals surface area contributed by atoms with Crippen molar-refractivity contribution in [2.24, 2.45) is 0 Å². The third kappa shape index (κ3) is 5.18. The molecule has 34 heavy (non-hydrogen) atoms. The number of carbonyl (C=O) groups is 1. The van der Waals surface area contributed by atoms with Crippen LogP contribution >= 0.6 is 0 Å². The van der Waals surface area contributed by atoms with Crippen LogP contribution in [-0.4, -0.2) is 59.6 Å². The summed E-state index contributed by atoms with van der Waals surface area (Å²) in [7, 11) is 3.95. The predicted octanol–water partition coefficient (Wildman–Crippen LogP) is 3.25. The Hall–Kier alpha value is -3.92. The number of pyridine rings is 2. The number of nitrogens with two attached hydrogens (primary N) is 1. The molecule has 0 spiro atoms. The lowest BCUT2D eigenvalue weighted by Crippen LogP contribution is -2.56. The number of aromatic nitrogens is 2. The minimum Gasteiger partial charge on any atom is -0.398 e. The molecule has 4 N–H and O–H groups in total. The van der Waals surface area contributed by atoms with Gasteiger partial charge in [0.05, 0.1) is 25.0 Å². The second kappa shape index (κ2) is 9.14. The lowest BCUT2D eigenvalue weighted by atomic mass is 9.99. The van der Waals surface area contributed by atoms with E-state index in [9.17, 15) is 13.6 Å². The summed E-state index contributed by atoms with van der Waals surface area (Å²) in [6, 6.07) is 10.3. The van der Waals surface area contributed by atoms with Crippen LogP contribution in [0.15, 0.2) is 55.0 Å². The molecule has 1 aromatic carbocycles. The number of halogens is 2. The Balaban J connectivity index is 1.48. The fourth-order valence-electron chi connectivity index (χ4n) is 3.69. The van der Waals surface area contributed by atoms with Gasteiger partial charge in [0.25, 0.3) is 11.8 Å². The van der Waals surface area contributed by atoms with Gasteiger partial charge in [-0.25, -0.2) is 13.8 Å². The van der Waals surface area contributed by atoms with E-state index in [0.29, 0.717) is 22.8 Å². The largest absolute Gasteiger partial charge is 0.398 e. The summed E-state index contributed by atoms with van der Waals surface area (Å²) in [5.41, 5.74) is 9.38. The van der Waals surface area contributed by atoms with Gasteiger partial charge in [-0.1, -0.05) is 6.07 Å². The van der Waals surface area contributed by atoms with E-state index in [1.807, 2.05) is 31.1 Å². The number of benzene rings is 1. The molecule has 3 heterocycles. The molecule has 8 nitrogen and oxygen atoms in total. The summed E-state index contributed by atoms with van der Waals surface area (Å²) in [5.74, 6) is -2.95. The van der Waals surface area contributed by atoms with Crippen LogP contribution in [0.1, 0.15) is 11.1 Å². The summed E-state index contributed by atoms with van der Waals surface area (Å²) in [4.78, 5) is 24.6. The third-order valence-corrected chi connectivity index (χ3v) is 5.35. The first-order valence-electron chi connectivity index (χ1n) is 10.6. The van der Waals surface area contributed by atoms with E-state index in [1.165, 1.54) is 11.1 Å². The Kier molecular flexibility index (Phi) is 6.25. The van der Waals surface area contributed by atoms with Crippen molar-refractivity contribution < 1.29 is 13.6 Å². The molecule has 4 rings (SSSR count). The zero-order valence-electron chi connectivity index (χ0n) is 18.8. The molecule has 0 unspecified atom stereocenters. The molecule has 3 aromatic rings. The van der Waals surface area contributed by atoms with Crippen LogP contribution in [-0.2, 0) is 11.3 Å². The van der Waals surface area contributed by atoms with Crippen molar-refractivity contribution in [3.8, 4) is 11.1 Å². The van der Waals surface area contributed by atoms with Gasteiger partial charge in [-0.3, -0.25) is 15.2 Å². The Bertz CT molecular complexity index is 1220. The van der Waals surface area contributed by atoms with Crippen molar-refractivity contribution in [3.63, 3.8) is 0 Å². The second-order valence-electron chi connectivity index (χ2n) is 8.57. The van der Waals surface area contributed by atoms with Crippen molar-refractivity contribution >= 4 is 28.8 Å². The summed E-state index contributed by atoms with van der Waals surface area (Å²) >= 11 is 0. The number of rotatable bonds is 7. The minimum atomic E-state index is -2.69. The van der Waals surface area contributed by atoms with Gasteiger partial charge in [0, 0.05) is 35.8 Å². The van der Waals surface area contributed by atoms with Crippen molar-refractivity contribution in [3.05, 3.63) is 66.1 Å². The second-order valence-corrected chi connectivity index (χ2v) is 8.57. The molecule has 0 bridgehead atoms. The van der Waals surface area contributed by atoms with Crippen LogP contribution in [0.5, 0.6) is 0 Å². The third-order valence-electron chi connectivity index (χ3n) is 5.35. The average molecular weight is 466 g/mol. The molecular formula is C24H25F2N7O. The van der Waals surface area contributed by atoms with Gasteiger partial charge < -0.3 is 20.9 Å². The number of alkyl halides is 2. The molecule has 0 saturated carbocycles. The quantitative estimate of drug-likeness (QED) is 0.365. The SMILES string of the molecule is CN(C)Cc1cncc(-c2ccc(N)c(C(=N)C(=O)Nc3ccc(N4CC(F)(F)C4)nc3)c2)c1. The van der Waals surface area contributed by atoms with Crippen molar-refractivity contribution in [2.75, 3.05) is 43.1 Å². The number of hydrogen-bond acceptors (Lipinski definition) is 7. The first-order valence-corrected chi connectivity index (χ1v) is 10.6. The molecule has 2 aromatic heterocycles. The van der Waals surface area contributed by atoms with E-state index in [4.69, 9.17) is 11.1 Å². The number of carbonyl (C=O) groups excluding carboxylic acids is 1. The molecule has 1 aliphatic heterocycles. The normalized spacial score (nSPS) is 14.6. The zero-order chi connectivity index (χ0) is 24.5. The fourth-order valence-corrected chi connectivity index (χ4v) is 3.69. The van der Waals surface area contributed by atoms with Crippen LogP contribution in [0.2, 0.25) is 0 Å². The lowest BCUT2D eigenvalue weighted by Gasteiger charge is -2.39. The van der Waals surface area contributed by atoms with E-state index in [1.54, 1.807) is 36.7 Å². The number of anilines is 3. The molecular weight excluding hydrogens is 440 g/mol. The molecule has 1 amide bonds. The van der Waals surface area contributed by atoms with Gasteiger partial charge in [-0.15, -0.1) is 0 Å². The van der Waals surface area contributed by atoms with Gasteiger partial charge >= 0.3 is 0 Å². The highest BCUT2D eigenvalue weighted by Gasteiger charge is 2.44. The molecule has 0 atom stereocenters. The molecule has 0 radical (unpaired) electrons. The highest BCUT2D eigenvalue weighted by atomic mass is 19.3. The summed E-state index contributed by atoms with van der Waals surface area (Å²) in [6.45, 7) is -0.0208. The fraction of sp³-hybridized carbons (Fsp3) is 0.250. The maximum Gasteiger partial charge on any atom is 0.282 e. The van der Waals surface area contributed by atoms with E-state index in [-0.39, 0.29) is 18.8 Å². The summed E-state index contributed by atoms with van der Waals surface area (Å²) in [5, 5.41) is 11.0. The van der Waals surface area contributed by atoms with E-state index >= 15 is 0 Å². The Labute approximate surface area is 195 Å². The summed E-state index contributed by atoms with van der Waals surface area (Å²) in [6.07, 6.45) is 4.89. The lowest BCUT2D eigenvalue weighted by molar-refractivity contribution is -0.110. The number of hydrogen-bond donors (Lipinski definition) is 3. The molecule has 1 fully saturated rings. The Morgan fingerprint density at radius 2 is 1.91 bits per heavy atom. The van der Waals surface area contributed by atoms with E-state index < -0.39 is 11.8 Å². The molecule has 1 saturated heterocycles. The molecule has 10 heteroatoms. The van der Waals surface area contributed by atoms with Crippen LogP contribution in [0.25, 0.3) is 11.1 Å². The number of nitrogen functional groups attached to an aromatic ring is 1. The molecule has 1 aliphatic rings. The van der Waals surface area contributed by atoms with Crippen molar-refractivity contribution in [1.29, 1.82) is 5.41 Å². The molecule has 176 valence electrons. The monoisotopic (exact) mass is 465 g/mol. The first kappa shape index (κ1) is 23.2. The Morgan fingerprint density at radius 1 is 1.15 bits per heavy atom. The van der Waals surface area contributed by atoms with E-state index in [2.05, 4.69) is 15.3 Å².